The summed E-state index contributed by atoms with van der Waals surface area (Å²) in [5.41, 5.74) is 7.19. The maximum atomic E-state index is 2.46. The van der Waals surface area contributed by atoms with Crippen LogP contribution in [0.4, 0.5) is 0 Å². The molecule has 0 aliphatic heterocycles. The molecule has 0 fully saturated rings. The predicted molar refractivity (Wildman–Crippen MR) is 109 cm³/mol. The van der Waals surface area contributed by atoms with E-state index in [0.29, 0.717) is 5.41 Å². The number of pyridine rings is 1. The van der Waals surface area contributed by atoms with E-state index in [1.807, 2.05) is 0 Å². The van der Waals surface area contributed by atoms with Gasteiger partial charge in [-0.05, 0) is 42.9 Å². The van der Waals surface area contributed by atoms with Gasteiger partial charge in [0, 0.05) is 16.8 Å². The first-order valence-electron chi connectivity index (χ1n) is 8.99. The molecule has 0 amide bonds. The molecule has 0 bridgehead atoms. The van der Waals surface area contributed by atoms with Crippen LogP contribution in [0, 0.1) is 19.3 Å². The zero-order valence-corrected chi connectivity index (χ0v) is 18.0. The van der Waals surface area contributed by atoms with Gasteiger partial charge in [-0.15, -0.1) is 0 Å². The zero-order chi connectivity index (χ0) is 18.3. The van der Waals surface area contributed by atoms with E-state index in [1.54, 1.807) is 5.19 Å². The maximum Gasteiger partial charge on any atom is 0.212 e. The summed E-state index contributed by atoms with van der Waals surface area (Å²) < 4.78 is 2.33. The standard InChI is InChI=1S/C22H34NSi/c1-16-10-11-17(2)19(12-16)20-13-18(14-22(3,4)5)21(15-23(20)6)24(7,8)9/h10-13,15H,14H2,1-9H3/q+1. The van der Waals surface area contributed by atoms with Crippen LogP contribution in [0.1, 0.15) is 37.5 Å². The van der Waals surface area contributed by atoms with Crippen molar-refractivity contribution in [1.29, 1.82) is 0 Å². The fourth-order valence-electron chi connectivity index (χ4n) is 3.36. The van der Waals surface area contributed by atoms with Gasteiger partial charge in [-0.3, -0.25) is 0 Å². The van der Waals surface area contributed by atoms with Gasteiger partial charge < -0.3 is 0 Å². The highest BCUT2D eigenvalue weighted by molar-refractivity contribution is 6.88. The molecule has 0 atom stereocenters. The number of hydrogen-bond donors (Lipinski definition) is 0. The quantitative estimate of drug-likeness (QED) is 0.551. The van der Waals surface area contributed by atoms with E-state index in [-0.39, 0.29) is 0 Å². The third-order valence-corrected chi connectivity index (χ3v) is 6.62. The van der Waals surface area contributed by atoms with Crippen LogP contribution in [0.5, 0.6) is 0 Å². The lowest BCUT2D eigenvalue weighted by Crippen LogP contribution is -2.47. The molecule has 0 N–H and O–H groups in total. The summed E-state index contributed by atoms with van der Waals surface area (Å²) in [5.74, 6) is 0. The Balaban J connectivity index is 2.71. The normalized spacial score (nSPS) is 12.5. The van der Waals surface area contributed by atoms with Gasteiger partial charge in [-0.1, -0.05) is 58.1 Å². The molecule has 2 heteroatoms. The Morgan fingerprint density at radius 1 is 1.00 bits per heavy atom. The minimum atomic E-state index is -1.38. The SMILES string of the molecule is Cc1ccc(C)c(-c2cc(CC(C)(C)C)c([Si](C)(C)C)c[n+]2C)c1. The van der Waals surface area contributed by atoms with E-state index >= 15 is 0 Å². The van der Waals surface area contributed by atoms with Crippen LogP contribution in [0.25, 0.3) is 11.3 Å². The molecule has 0 saturated heterocycles. The smallest absolute Gasteiger partial charge is 0.201 e. The van der Waals surface area contributed by atoms with Crippen molar-refractivity contribution in [1.82, 2.24) is 0 Å². The lowest BCUT2D eigenvalue weighted by atomic mass is 9.87. The van der Waals surface area contributed by atoms with Gasteiger partial charge >= 0.3 is 0 Å². The number of nitrogens with zero attached hydrogens (tertiary/aromatic N) is 1. The number of rotatable bonds is 3. The molecule has 1 aromatic heterocycles. The van der Waals surface area contributed by atoms with Crippen LogP contribution in [-0.4, -0.2) is 8.07 Å². The molecule has 24 heavy (non-hydrogen) atoms. The van der Waals surface area contributed by atoms with Crippen LogP contribution in [0.3, 0.4) is 0 Å². The van der Waals surface area contributed by atoms with Gasteiger partial charge in [-0.2, -0.15) is 0 Å². The van der Waals surface area contributed by atoms with Crippen LogP contribution < -0.4 is 9.75 Å². The summed E-state index contributed by atoms with van der Waals surface area (Å²) in [6.07, 6.45) is 3.54. The molecule has 0 unspecified atom stereocenters. The summed E-state index contributed by atoms with van der Waals surface area (Å²) >= 11 is 0. The second kappa shape index (κ2) is 6.48. The Labute approximate surface area is 149 Å². The molecule has 130 valence electrons. The molecule has 1 heterocycles. The summed E-state index contributed by atoms with van der Waals surface area (Å²) in [4.78, 5) is 0. The van der Waals surface area contributed by atoms with Crippen molar-refractivity contribution in [2.75, 3.05) is 0 Å². The molecule has 1 aromatic carbocycles. The van der Waals surface area contributed by atoms with Crippen LogP contribution in [0.2, 0.25) is 19.6 Å². The molecular formula is C22H34NSi+. The van der Waals surface area contributed by atoms with Gasteiger partial charge in [0.2, 0.25) is 5.69 Å². The third kappa shape index (κ3) is 4.35. The summed E-state index contributed by atoms with van der Waals surface area (Å²) in [6, 6.07) is 9.21. The number of benzene rings is 1. The van der Waals surface area contributed by atoms with Crippen LogP contribution >= 0.6 is 0 Å². The topological polar surface area (TPSA) is 3.88 Å². The van der Waals surface area contributed by atoms with Gasteiger partial charge in [0.25, 0.3) is 0 Å². The highest BCUT2D eigenvalue weighted by Gasteiger charge is 2.28. The van der Waals surface area contributed by atoms with Crippen molar-refractivity contribution in [3.05, 3.63) is 47.2 Å². The van der Waals surface area contributed by atoms with Gasteiger partial charge in [0.15, 0.2) is 6.20 Å². The van der Waals surface area contributed by atoms with E-state index in [4.69, 9.17) is 0 Å². The van der Waals surface area contributed by atoms with E-state index in [9.17, 15) is 0 Å². The summed E-state index contributed by atoms with van der Waals surface area (Å²) in [7, 11) is 0.818. The minimum Gasteiger partial charge on any atom is -0.201 e. The number of hydrogen-bond acceptors (Lipinski definition) is 0. The Hall–Kier alpha value is -1.41. The Bertz CT molecular complexity index is 746. The third-order valence-electron chi connectivity index (χ3n) is 4.56. The Kier molecular flexibility index (Phi) is 5.10. The van der Waals surface area contributed by atoms with Gasteiger partial charge in [0.1, 0.15) is 7.05 Å². The van der Waals surface area contributed by atoms with Crippen molar-refractivity contribution >= 4 is 13.3 Å². The molecule has 1 nitrogen and oxygen atoms in total. The van der Waals surface area contributed by atoms with E-state index in [2.05, 4.69) is 96.3 Å². The molecule has 0 aliphatic carbocycles. The van der Waals surface area contributed by atoms with Crippen LogP contribution in [-0.2, 0) is 13.5 Å². The second-order valence-electron chi connectivity index (χ2n) is 9.51. The molecule has 0 aliphatic rings. The number of aryl methyl sites for hydroxylation is 3. The largest absolute Gasteiger partial charge is 0.212 e. The Morgan fingerprint density at radius 2 is 1.62 bits per heavy atom. The summed E-state index contributed by atoms with van der Waals surface area (Å²) in [6.45, 7) is 18.8. The predicted octanol–water partition coefficient (Wildman–Crippen LogP) is 4.93. The van der Waals surface area contributed by atoms with E-state index < -0.39 is 8.07 Å². The van der Waals surface area contributed by atoms with Crippen LogP contribution in [0.15, 0.2) is 30.5 Å². The highest BCUT2D eigenvalue weighted by atomic mass is 28.3. The fraction of sp³-hybridized carbons (Fsp3) is 0.500. The van der Waals surface area contributed by atoms with Gasteiger partial charge in [-0.25, -0.2) is 4.57 Å². The molecule has 0 saturated carbocycles. The zero-order valence-electron chi connectivity index (χ0n) is 17.0. The average Bonchev–Trinajstić information content (AvgIpc) is 2.40. The molecule has 0 spiro atoms. The first-order chi connectivity index (χ1) is 10.9. The lowest BCUT2D eigenvalue weighted by Gasteiger charge is -2.25. The van der Waals surface area contributed by atoms with Crippen molar-refractivity contribution in [2.45, 2.75) is 60.7 Å². The highest BCUT2D eigenvalue weighted by Crippen LogP contribution is 2.26. The average molecular weight is 341 g/mol. The van der Waals surface area contributed by atoms with E-state index in [1.165, 1.54) is 27.9 Å². The van der Waals surface area contributed by atoms with Crippen molar-refractivity contribution in [3.8, 4) is 11.3 Å². The first-order valence-corrected chi connectivity index (χ1v) is 12.5. The molecule has 2 rings (SSSR count). The van der Waals surface area contributed by atoms with E-state index in [0.717, 1.165) is 6.42 Å². The number of aromatic nitrogens is 1. The first kappa shape index (κ1) is 18.9. The second-order valence-corrected chi connectivity index (χ2v) is 14.6. The molecular weight excluding hydrogens is 306 g/mol. The van der Waals surface area contributed by atoms with Crippen molar-refractivity contribution in [2.24, 2.45) is 12.5 Å². The minimum absolute atomic E-state index is 0.299. The van der Waals surface area contributed by atoms with Crippen molar-refractivity contribution in [3.63, 3.8) is 0 Å². The fourth-order valence-corrected chi connectivity index (χ4v) is 5.07. The van der Waals surface area contributed by atoms with Gasteiger partial charge in [0.05, 0.1) is 8.07 Å². The summed E-state index contributed by atoms with van der Waals surface area (Å²) in [5, 5.41) is 1.59. The van der Waals surface area contributed by atoms with Crippen molar-refractivity contribution < 1.29 is 4.57 Å². The lowest BCUT2D eigenvalue weighted by molar-refractivity contribution is -0.659. The molecule has 0 radical (unpaired) electrons. The monoisotopic (exact) mass is 340 g/mol. The Morgan fingerprint density at radius 3 is 2.17 bits per heavy atom. The molecule has 2 aromatic rings. The maximum absolute atomic E-state index is 2.46.